The molecule has 4 heteroatoms. The summed E-state index contributed by atoms with van der Waals surface area (Å²) >= 11 is 1.57. The molecule has 0 spiro atoms. The van der Waals surface area contributed by atoms with Crippen molar-refractivity contribution in [3.63, 3.8) is 0 Å². The first-order valence-corrected chi connectivity index (χ1v) is 5.67. The molecule has 0 bridgehead atoms. The number of nitrogens with zero attached hydrogens (tertiary/aromatic N) is 2. The highest BCUT2D eigenvalue weighted by Gasteiger charge is 2.28. The van der Waals surface area contributed by atoms with Gasteiger partial charge < -0.3 is 5.32 Å². The molecule has 0 unspecified atom stereocenters. The maximum atomic E-state index is 3.97. The minimum absolute atomic E-state index is 0.492. The summed E-state index contributed by atoms with van der Waals surface area (Å²) in [5.41, 5.74) is 2.25. The van der Waals surface area contributed by atoms with Crippen molar-refractivity contribution in [2.75, 3.05) is 11.9 Å². The highest BCUT2D eigenvalue weighted by Crippen LogP contribution is 2.37. The molecule has 1 N–H and O–H groups in total. The Morgan fingerprint density at radius 2 is 2.31 bits per heavy atom. The minimum Gasteiger partial charge on any atom is -0.360 e. The van der Waals surface area contributed by atoms with Gasteiger partial charge >= 0.3 is 0 Å². The van der Waals surface area contributed by atoms with Crippen LogP contribution < -0.4 is 5.32 Å². The first-order valence-electron chi connectivity index (χ1n) is 4.79. The van der Waals surface area contributed by atoms with Crippen molar-refractivity contribution in [1.82, 2.24) is 10.2 Å². The van der Waals surface area contributed by atoms with E-state index in [9.17, 15) is 0 Å². The third kappa shape index (κ3) is 2.18. The van der Waals surface area contributed by atoms with E-state index in [0.717, 1.165) is 11.7 Å². The van der Waals surface area contributed by atoms with Gasteiger partial charge in [0.15, 0.2) is 0 Å². The topological polar surface area (TPSA) is 37.8 Å². The monoisotopic (exact) mass is 197 g/mol. The molecule has 1 saturated carbocycles. The Balaban J connectivity index is 1.85. The van der Waals surface area contributed by atoms with Gasteiger partial charge in [0.1, 0.15) is 5.51 Å². The van der Waals surface area contributed by atoms with Crippen LogP contribution in [0.1, 0.15) is 32.6 Å². The zero-order valence-corrected chi connectivity index (χ0v) is 8.73. The van der Waals surface area contributed by atoms with Crippen LogP contribution >= 0.6 is 11.3 Å². The van der Waals surface area contributed by atoms with Gasteiger partial charge in [-0.3, -0.25) is 0 Å². The Bertz CT molecular complexity index is 252. The lowest BCUT2D eigenvalue weighted by molar-refractivity contribution is 0.362. The van der Waals surface area contributed by atoms with Crippen LogP contribution in [0.4, 0.5) is 5.13 Å². The maximum Gasteiger partial charge on any atom is 0.205 e. The van der Waals surface area contributed by atoms with E-state index in [1.807, 2.05) is 0 Å². The fourth-order valence-corrected chi connectivity index (χ4v) is 2.39. The molecule has 0 aromatic carbocycles. The second-order valence-electron chi connectivity index (χ2n) is 4.12. The summed E-state index contributed by atoms with van der Waals surface area (Å²) in [6.07, 6.45) is 5.46. The molecule has 0 saturated heterocycles. The molecule has 1 aliphatic carbocycles. The van der Waals surface area contributed by atoms with Crippen molar-refractivity contribution in [3.05, 3.63) is 5.51 Å². The number of anilines is 1. The number of rotatable bonds is 3. The van der Waals surface area contributed by atoms with Crippen LogP contribution in [0.25, 0.3) is 0 Å². The van der Waals surface area contributed by atoms with Crippen molar-refractivity contribution in [3.8, 4) is 0 Å². The van der Waals surface area contributed by atoms with Gasteiger partial charge in [-0.15, -0.1) is 10.2 Å². The molecule has 72 valence electrons. The second-order valence-corrected chi connectivity index (χ2v) is 4.95. The van der Waals surface area contributed by atoms with Crippen molar-refractivity contribution in [2.45, 2.75) is 32.6 Å². The molecule has 3 nitrogen and oxygen atoms in total. The van der Waals surface area contributed by atoms with E-state index in [-0.39, 0.29) is 0 Å². The van der Waals surface area contributed by atoms with Crippen LogP contribution in [-0.4, -0.2) is 16.7 Å². The molecule has 0 aliphatic heterocycles. The zero-order chi connectivity index (χ0) is 9.15. The Hall–Kier alpha value is -0.640. The zero-order valence-electron chi connectivity index (χ0n) is 7.92. The fourth-order valence-electron chi connectivity index (χ4n) is 1.94. The Kier molecular flexibility index (Phi) is 2.49. The van der Waals surface area contributed by atoms with Crippen LogP contribution in [0.15, 0.2) is 5.51 Å². The van der Waals surface area contributed by atoms with Crippen molar-refractivity contribution >= 4 is 16.5 Å². The summed E-state index contributed by atoms with van der Waals surface area (Å²) < 4.78 is 0. The highest BCUT2D eigenvalue weighted by molar-refractivity contribution is 7.13. The molecular weight excluding hydrogens is 182 g/mol. The lowest BCUT2D eigenvalue weighted by atomic mass is 9.89. The highest BCUT2D eigenvalue weighted by atomic mass is 32.1. The minimum atomic E-state index is 0.492. The van der Waals surface area contributed by atoms with Gasteiger partial charge in [0.2, 0.25) is 5.13 Å². The SMILES string of the molecule is CC1(CNc2nncs2)CCCC1. The molecule has 1 aromatic heterocycles. The smallest absolute Gasteiger partial charge is 0.205 e. The van der Waals surface area contributed by atoms with Gasteiger partial charge in [0, 0.05) is 6.54 Å². The van der Waals surface area contributed by atoms with Gasteiger partial charge in [-0.05, 0) is 18.3 Å². The van der Waals surface area contributed by atoms with E-state index in [0.29, 0.717) is 5.41 Å². The second kappa shape index (κ2) is 3.62. The summed E-state index contributed by atoms with van der Waals surface area (Å²) in [6, 6.07) is 0. The van der Waals surface area contributed by atoms with Gasteiger partial charge in [-0.2, -0.15) is 0 Å². The van der Waals surface area contributed by atoms with Gasteiger partial charge in [-0.25, -0.2) is 0 Å². The fraction of sp³-hybridized carbons (Fsp3) is 0.778. The quantitative estimate of drug-likeness (QED) is 0.809. The molecule has 1 aromatic rings. The number of hydrogen-bond acceptors (Lipinski definition) is 4. The average molecular weight is 197 g/mol. The average Bonchev–Trinajstić information content (AvgIpc) is 2.72. The predicted molar refractivity (Wildman–Crippen MR) is 55.0 cm³/mol. The maximum absolute atomic E-state index is 3.97. The molecule has 0 atom stereocenters. The van der Waals surface area contributed by atoms with Gasteiger partial charge in [-0.1, -0.05) is 31.1 Å². The number of hydrogen-bond donors (Lipinski definition) is 1. The molecule has 13 heavy (non-hydrogen) atoms. The van der Waals surface area contributed by atoms with E-state index in [1.54, 1.807) is 16.8 Å². The molecule has 1 fully saturated rings. The summed E-state index contributed by atoms with van der Waals surface area (Å²) in [5, 5.41) is 12.1. The molecule has 0 radical (unpaired) electrons. The number of nitrogens with one attached hydrogen (secondary N) is 1. The van der Waals surface area contributed by atoms with Gasteiger partial charge in [0.25, 0.3) is 0 Å². The summed E-state index contributed by atoms with van der Waals surface area (Å²) in [6.45, 7) is 3.40. The molecule has 2 rings (SSSR count). The number of aromatic nitrogens is 2. The van der Waals surface area contributed by atoms with E-state index in [4.69, 9.17) is 0 Å². The summed E-state index contributed by atoms with van der Waals surface area (Å²) in [7, 11) is 0. The molecule has 1 heterocycles. The predicted octanol–water partition coefficient (Wildman–Crippen LogP) is 2.53. The largest absolute Gasteiger partial charge is 0.360 e. The Labute approximate surface area is 82.6 Å². The van der Waals surface area contributed by atoms with E-state index < -0.39 is 0 Å². The molecule has 1 aliphatic rings. The van der Waals surface area contributed by atoms with E-state index in [1.165, 1.54) is 25.7 Å². The van der Waals surface area contributed by atoms with Crippen LogP contribution in [0.2, 0.25) is 0 Å². The standard InChI is InChI=1S/C9H15N3S/c1-9(4-2-3-5-9)6-10-8-12-11-7-13-8/h7H,2-6H2,1H3,(H,10,12). The summed E-state index contributed by atoms with van der Waals surface area (Å²) in [4.78, 5) is 0. The van der Waals surface area contributed by atoms with Gasteiger partial charge in [0.05, 0.1) is 0 Å². The van der Waals surface area contributed by atoms with Crippen LogP contribution in [0.3, 0.4) is 0 Å². The Morgan fingerprint density at radius 1 is 1.54 bits per heavy atom. The van der Waals surface area contributed by atoms with Crippen molar-refractivity contribution in [2.24, 2.45) is 5.41 Å². The molecule has 0 amide bonds. The third-order valence-electron chi connectivity index (χ3n) is 2.84. The van der Waals surface area contributed by atoms with Crippen molar-refractivity contribution in [1.29, 1.82) is 0 Å². The lowest BCUT2D eigenvalue weighted by Gasteiger charge is -2.23. The van der Waals surface area contributed by atoms with E-state index in [2.05, 4.69) is 22.4 Å². The van der Waals surface area contributed by atoms with Crippen molar-refractivity contribution < 1.29 is 0 Å². The van der Waals surface area contributed by atoms with E-state index >= 15 is 0 Å². The normalized spacial score (nSPS) is 20.4. The summed E-state index contributed by atoms with van der Waals surface area (Å²) in [5.74, 6) is 0. The third-order valence-corrected chi connectivity index (χ3v) is 3.49. The van der Waals surface area contributed by atoms with Crippen LogP contribution in [0, 0.1) is 5.41 Å². The van der Waals surface area contributed by atoms with Crippen LogP contribution in [-0.2, 0) is 0 Å². The lowest BCUT2D eigenvalue weighted by Crippen LogP contribution is -2.22. The van der Waals surface area contributed by atoms with Crippen LogP contribution in [0.5, 0.6) is 0 Å². The first kappa shape index (κ1) is 8.94. The molecular formula is C9H15N3S. The Morgan fingerprint density at radius 3 is 2.92 bits per heavy atom. The first-order chi connectivity index (χ1) is 6.29.